The zero-order valence-corrected chi connectivity index (χ0v) is 7.45. The highest BCUT2D eigenvalue weighted by molar-refractivity contribution is 5.87. The molecule has 1 N–H and O–H groups in total. The molecule has 1 rings (SSSR count). The summed E-state index contributed by atoms with van der Waals surface area (Å²) in [5, 5.41) is 8.16. The van der Waals surface area contributed by atoms with Crippen LogP contribution < -0.4 is 0 Å². The van der Waals surface area contributed by atoms with Gasteiger partial charge in [-0.25, -0.2) is 9.59 Å². The van der Waals surface area contributed by atoms with Gasteiger partial charge in [-0.1, -0.05) is 12.7 Å². The lowest BCUT2D eigenvalue weighted by atomic mass is 10.00. The van der Waals surface area contributed by atoms with Crippen molar-refractivity contribution in [3.8, 4) is 0 Å². The van der Waals surface area contributed by atoms with Crippen molar-refractivity contribution in [1.29, 1.82) is 0 Å². The molecule has 0 atom stereocenters. The first-order valence-electron chi connectivity index (χ1n) is 3.74. The number of ether oxygens (including phenoxy) is 1. The molecule has 0 fully saturated rings. The van der Waals surface area contributed by atoms with Crippen molar-refractivity contribution < 1.29 is 19.4 Å². The maximum Gasteiger partial charge on any atom is 0.331 e. The summed E-state index contributed by atoms with van der Waals surface area (Å²) in [7, 11) is 1.31. The molecule has 0 amide bonds. The number of allylic oxidation sites excluding steroid dienone is 1. The Kier molecular flexibility index (Phi) is 5.27. The molecule has 72 valence electrons. The molecule has 0 radical (unpaired) electrons. The number of rotatable bonds is 2. The average Bonchev–Trinajstić information content (AvgIpc) is 2.00. The van der Waals surface area contributed by atoms with Gasteiger partial charge in [0.2, 0.25) is 0 Å². The van der Waals surface area contributed by atoms with Crippen LogP contribution >= 0.6 is 0 Å². The summed E-state index contributed by atoms with van der Waals surface area (Å²) in [6.07, 6.45) is 4.55. The van der Waals surface area contributed by atoms with Gasteiger partial charge in [-0.2, -0.15) is 0 Å². The summed E-state index contributed by atoms with van der Waals surface area (Å²) in [6.45, 7) is 3.16. The van der Waals surface area contributed by atoms with Crippen molar-refractivity contribution in [2.45, 2.75) is 12.8 Å². The Balaban J connectivity index is 0.000000226. The van der Waals surface area contributed by atoms with Crippen molar-refractivity contribution in [1.82, 2.24) is 0 Å². The number of hydrogen-bond donors (Lipinski definition) is 1. The summed E-state index contributed by atoms with van der Waals surface area (Å²) in [5.74, 6) is -1.15. The first kappa shape index (κ1) is 11.4. The number of carboxylic acids is 1. The minimum absolute atomic E-state index is 0.394. The van der Waals surface area contributed by atoms with E-state index < -0.39 is 11.9 Å². The average molecular weight is 184 g/mol. The van der Waals surface area contributed by atoms with Gasteiger partial charge in [0.25, 0.3) is 0 Å². The van der Waals surface area contributed by atoms with Crippen LogP contribution in [0.4, 0.5) is 0 Å². The van der Waals surface area contributed by atoms with Crippen LogP contribution in [0.25, 0.3) is 0 Å². The molecule has 13 heavy (non-hydrogen) atoms. The van der Waals surface area contributed by atoms with Crippen molar-refractivity contribution >= 4 is 11.9 Å². The van der Waals surface area contributed by atoms with Gasteiger partial charge in [-0.15, -0.1) is 0 Å². The normalized spacial score (nSPS) is 12.5. The highest BCUT2D eigenvalue weighted by Crippen LogP contribution is 2.16. The van der Waals surface area contributed by atoms with Crippen LogP contribution in [0.3, 0.4) is 0 Å². The molecule has 0 saturated carbocycles. The van der Waals surface area contributed by atoms with Gasteiger partial charge in [0, 0.05) is 11.6 Å². The van der Waals surface area contributed by atoms with E-state index in [1.807, 2.05) is 0 Å². The Hall–Kier alpha value is -1.58. The molecule has 0 aromatic heterocycles. The Bertz CT molecular complexity index is 240. The summed E-state index contributed by atoms with van der Waals surface area (Å²) < 4.78 is 4.14. The van der Waals surface area contributed by atoms with Gasteiger partial charge in [-0.3, -0.25) is 0 Å². The number of carbonyl (C=O) groups is 2. The van der Waals surface area contributed by atoms with Gasteiger partial charge in [0.05, 0.1) is 7.11 Å². The quantitative estimate of drug-likeness (QED) is 0.516. The van der Waals surface area contributed by atoms with Crippen LogP contribution in [0, 0.1) is 0 Å². The molecule has 4 heteroatoms. The molecule has 0 heterocycles. The monoisotopic (exact) mass is 184 g/mol. The number of carbonyl (C=O) groups excluding carboxylic acids is 1. The lowest BCUT2D eigenvalue weighted by Crippen LogP contribution is -2.05. The van der Waals surface area contributed by atoms with Crippen LogP contribution in [0.1, 0.15) is 12.8 Å². The molecular weight excluding hydrogens is 172 g/mol. The molecular formula is C9H12O4. The van der Waals surface area contributed by atoms with E-state index in [1.165, 1.54) is 7.11 Å². The number of carboxylic acid groups (broad SMARTS) is 1. The smallest absolute Gasteiger partial charge is 0.331 e. The molecule has 4 nitrogen and oxygen atoms in total. The molecule has 1 aliphatic carbocycles. The molecule has 0 unspecified atom stereocenters. The Labute approximate surface area is 76.5 Å². The molecule has 0 aromatic rings. The first-order valence-corrected chi connectivity index (χ1v) is 3.74. The van der Waals surface area contributed by atoms with Crippen LogP contribution in [0.5, 0.6) is 0 Å². The van der Waals surface area contributed by atoms with Crippen LogP contribution in [-0.4, -0.2) is 24.2 Å². The summed E-state index contributed by atoms with van der Waals surface area (Å²) >= 11 is 0. The number of aliphatic carboxylic acids is 1. The van der Waals surface area contributed by atoms with E-state index in [-0.39, 0.29) is 0 Å². The number of methoxy groups -OCH3 is 1. The van der Waals surface area contributed by atoms with Crippen LogP contribution in [-0.2, 0) is 14.3 Å². The first-order chi connectivity index (χ1) is 6.11. The largest absolute Gasteiger partial charge is 0.478 e. The van der Waals surface area contributed by atoms with Crippen molar-refractivity contribution in [2.24, 2.45) is 0 Å². The zero-order valence-electron chi connectivity index (χ0n) is 7.45. The minimum Gasteiger partial charge on any atom is -0.478 e. The van der Waals surface area contributed by atoms with Gasteiger partial charge in [0.1, 0.15) is 0 Å². The van der Waals surface area contributed by atoms with Crippen molar-refractivity contribution in [2.75, 3.05) is 7.11 Å². The number of hydrogen-bond acceptors (Lipinski definition) is 3. The standard InChI is InChI=1S/C5H6O2.C4H6O2/c6-5(7)4-2-1-3-4;1-3-4(5)6-2/h2H,1,3H2,(H,6,7);3H,1H2,2H3. The van der Waals surface area contributed by atoms with E-state index in [4.69, 9.17) is 5.11 Å². The fourth-order valence-corrected chi connectivity index (χ4v) is 0.566. The second-order valence-electron chi connectivity index (χ2n) is 2.30. The molecule has 1 aliphatic rings. The topological polar surface area (TPSA) is 63.6 Å². The molecule has 0 saturated heterocycles. The van der Waals surface area contributed by atoms with Crippen molar-refractivity contribution in [3.63, 3.8) is 0 Å². The minimum atomic E-state index is -0.758. The van der Waals surface area contributed by atoms with Gasteiger partial charge < -0.3 is 9.84 Å². The van der Waals surface area contributed by atoms with Gasteiger partial charge in [0.15, 0.2) is 0 Å². The third-order valence-corrected chi connectivity index (χ3v) is 1.45. The second-order valence-corrected chi connectivity index (χ2v) is 2.30. The summed E-state index contributed by atoms with van der Waals surface area (Å²) in [5.41, 5.74) is 0.569. The van der Waals surface area contributed by atoms with Crippen molar-refractivity contribution in [3.05, 3.63) is 24.3 Å². The fraction of sp³-hybridized carbons (Fsp3) is 0.333. The van der Waals surface area contributed by atoms with E-state index in [9.17, 15) is 9.59 Å². The highest BCUT2D eigenvalue weighted by atomic mass is 16.5. The highest BCUT2D eigenvalue weighted by Gasteiger charge is 2.11. The maximum absolute atomic E-state index is 9.91. The molecule has 0 bridgehead atoms. The van der Waals surface area contributed by atoms with E-state index in [0.29, 0.717) is 5.57 Å². The van der Waals surface area contributed by atoms with Gasteiger partial charge >= 0.3 is 11.9 Å². The van der Waals surface area contributed by atoms with E-state index in [0.717, 1.165) is 18.9 Å². The van der Waals surface area contributed by atoms with E-state index in [1.54, 1.807) is 6.08 Å². The van der Waals surface area contributed by atoms with E-state index >= 15 is 0 Å². The van der Waals surface area contributed by atoms with E-state index in [2.05, 4.69) is 11.3 Å². The number of esters is 1. The predicted octanol–water partition coefficient (Wildman–Crippen LogP) is 1.14. The van der Waals surface area contributed by atoms with Crippen LogP contribution in [0.2, 0.25) is 0 Å². The Morgan fingerprint density at radius 3 is 2.23 bits per heavy atom. The fourth-order valence-electron chi connectivity index (χ4n) is 0.566. The Morgan fingerprint density at radius 2 is 2.23 bits per heavy atom. The lowest BCUT2D eigenvalue weighted by Gasteiger charge is -2.06. The third kappa shape index (κ3) is 4.79. The van der Waals surface area contributed by atoms with Crippen LogP contribution in [0.15, 0.2) is 24.3 Å². The summed E-state index contributed by atoms with van der Waals surface area (Å²) in [6, 6.07) is 0. The summed E-state index contributed by atoms with van der Waals surface area (Å²) in [4.78, 5) is 19.8. The zero-order chi connectivity index (χ0) is 10.3. The Morgan fingerprint density at radius 1 is 1.69 bits per heavy atom. The molecule has 0 aliphatic heterocycles. The van der Waals surface area contributed by atoms with Gasteiger partial charge in [-0.05, 0) is 12.8 Å². The third-order valence-electron chi connectivity index (χ3n) is 1.45. The molecule has 0 aromatic carbocycles. The SMILES string of the molecule is C=CC(=O)OC.O=C(O)C1=CCC1. The predicted molar refractivity (Wildman–Crippen MR) is 47.2 cm³/mol. The second kappa shape index (κ2) is 5.99. The lowest BCUT2D eigenvalue weighted by molar-refractivity contribution is -0.135. The molecule has 0 spiro atoms. The maximum atomic E-state index is 9.91.